The van der Waals surface area contributed by atoms with E-state index >= 15 is 0 Å². The molecule has 4 nitrogen and oxygen atoms in total. The van der Waals surface area contributed by atoms with Gasteiger partial charge in [-0.2, -0.15) is 0 Å². The molecule has 1 N–H and O–H groups in total. The Hall–Kier alpha value is -2.85. The Morgan fingerprint density at radius 2 is 1.78 bits per heavy atom. The van der Waals surface area contributed by atoms with Crippen LogP contribution in [0.1, 0.15) is 72.2 Å². The van der Waals surface area contributed by atoms with Crippen molar-refractivity contribution in [3.63, 3.8) is 0 Å². The number of ether oxygens (including phenoxy) is 1. The lowest BCUT2D eigenvalue weighted by atomic mass is 9.90. The highest BCUT2D eigenvalue weighted by Gasteiger charge is 2.28. The average Bonchev–Trinajstić information content (AvgIpc) is 3.22. The Morgan fingerprint density at radius 1 is 1.09 bits per heavy atom. The molecule has 0 saturated heterocycles. The average molecular weight is 431 g/mol. The van der Waals surface area contributed by atoms with Crippen LogP contribution in [-0.4, -0.2) is 18.3 Å². The number of fused-ring (bicyclic) bond motifs is 1. The fourth-order valence-electron chi connectivity index (χ4n) is 4.63. The van der Waals surface area contributed by atoms with Crippen molar-refractivity contribution in [2.45, 2.75) is 58.9 Å². The van der Waals surface area contributed by atoms with Gasteiger partial charge in [-0.25, -0.2) is 0 Å². The number of allylic oxidation sites excluding steroid dienone is 1. The first kappa shape index (κ1) is 22.3. The zero-order valence-corrected chi connectivity index (χ0v) is 19.5. The summed E-state index contributed by atoms with van der Waals surface area (Å²) >= 11 is 0. The van der Waals surface area contributed by atoms with Crippen molar-refractivity contribution < 1.29 is 9.26 Å². The topological polar surface area (TPSA) is 47.3 Å². The summed E-state index contributed by atoms with van der Waals surface area (Å²) in [5.74, 6) is 1.65. The van der Waals surface area contributed by atoms with Crippen molar-refractivity contribution in [3.05, 3.63) is 88.2 Å². The van der Waals surface area contributed by atoms with Crippen LogP contribution in [-0.2, 0) is 6.42 Å². The maximum atomic E-state index is 5.70. The second-order valence-corrected chi connectivity index (χ2v) is 8.55. The number of hydrogen-bond donors (Lipinski definition) is 1. The van der Waals surface area contributed by atoms with Crippen molar-refractivity contribution in [3.8, 4) is 5.88 Å². The quantitative estimate of drug-likeness (QED) is 0.390. The van der Waals surface area contributed by atoms with Crippen LogP contribution in [0.2, 0.25) is 0 Å². The van der Waals surface area contributed by atoms with Crippen LogP contribution in [0, 0.1) is 13.8 Å². The zero-order chi connectivity index (χ0) is 22.3. The fraction of sp³-hybridized carbons (Fsp3) is 0.393. The monoisotopic (exact) mass is 430 g/mol. The molecule has 0 saturated carbocycles. The Balaban J connectivity index is 1.44. The molecule has 0 fully saturated rings. The van der Waals surface area contributed by atoms with E-state index in [2.05, 4.69) is 78.9 Å². The standard InChI is InChI=1S/C28H34N2O2/c1-4-31-28-27-25(17-11-18-26(27)32-30-28)29-19-10-9-16-24(22-14-7-5-12-20(22)2)23-15-8-6-13-21(23)3/h5-8,12-16,25,29H,4,9-11,17-19H2,1-3H3. The van der Waals surface area contributed by atoms with Crippen LogP contribution in [0.4, 0.5) is 0 Å². The van der Waals surface area contributed by atoms with E-state index in [1.807, 2.05) is 6.92 Å². The molecule has 1 unspecified atom stereocenters. The number of benzene rings is 2. The number of nitrogens with one attached hydrogen (secondary N) is 1. The lowest BCUT2D eigenvalue weighted by Gasteiger charge is -2.22. The van der Waals surface area contributed by atoms with Gasteiger partial charge in [0.25, 0.3) is 5.88 Å². The van der Waals surface area contributed by atoms with Gasteiger partial charge in [0.15, 0.2) is 0 Å². The van der Waals surface area contributed by atoms with Crippen LogP contribution < -0.4 is 10.1 Å². The number of rotatable bonds is 9. The van der Waals surface area contributed by atoms with E-state index in [9.17, 15) is 0 Å². The predicted molar refractivity (Wildman–Crippen MR) is 130 cm³/mol. The van der Waals surface area contributed by atoms with Gasteiger partial charge in [-0.3, -0.25) is 0 Å². The molecule has 0 amide bonds. The number of aryl methyl sites for hydroxylation is 3. The Labute approximate surface area is 191 Å². The lowest BCUT2D eigenvalue weighted by Crippen LogP contribution is -2.25. The van der Waals surface area contributed by atoms with Crippen molar-refractivity contribution in [2.75, 3.05) is 13.2 Å². The fourth-order valence-corrected chi connectivity index (χ4v) is 4.63. The summed E-state index contributed by atoms with van der Waals surface area (Å²) < 4.78 is 11.2. The lowest BCUT2D eigenvalue weighted by molar-refractivity contribution is 0.289. The Kier molecular flexibility index (Phi) is 7.43. The molecule has 1 heterocycles. The molecule has 1 aliphatic carbocycles. The molecule has 168 valence electrons. The summed E-state index contributed by atoms with van der Waals surface area (Å²) in [4.78, 5) is 0. The zero-order valence-electron chi connectivity index (χ0n) is 19.5. The van der Waals surface area contributed by atoms with Crippen molar-refractivity contribution in [2.24, 2.45) is 0 Å². The first-order valence-electron chi connectivity index (χ1n) is 11.9. The highest BCUT2D eigenvalue weighted by atomic mass is 16.5. The van der Waals surface area contributed by atoms with Crippen LogP contribution in [0.25, 0.3) is 5.57 Å². The third-order valence-electron chi connectivity index (χ3n) is 6.29. The largest absolute Gasteiger partial charge is 0.476 e. The van der Waals surface area contributed by atoms with Gasteiger partial charge in [0.05, 0.1) is 12.2 Å². The number of hydrogen-bond acceptors (Lipinski definition) is 4. The third-order valence-corrected chi connectivity index (χ3v) is 6.29. The summed E-state index contributed by atoms with van der Waals surface area (Å²) in [7, 11) is 0. The van der Waals surface area contributed by atoms with Crippen molar-refractivity contribution in [1.29, 1.82) is 0 Å². The summed E-state index contributed by atoms with van der Waals surface area (Å²) in [6.07, 6.45) is 7.67. The van der Waals surface area contributed by atoms with Gasteiger partial charge in [-0.05, 0) is 86.0 Å². The van der Waals surface area contributed by atoms with Crippen LogP contribution in [0.5, 0.6) is 5.88 Å². The molecule has 32 heavy (non-hydrogen) atoms. The normalized spacial score (nSPS) is 15.3. The number of aromatic nitrogens is 1. The molecule has 1 atom stereocenters. The first-order valence-corrected chi connectivity index (χ1v) is 11.9. The van der Waals surface area contributed by atoms with E-state index in [4.69, 9.17) is 9.26 Å². The van der Waals surface area contributed by atoms with E-state index in [-0.39, 0.29) is 6.04 Å². The summed E-state index contributed by atoms with van der Waals surface area (Å²) in [6, 6.07) is 17.6. The minimum atomic E-state index is 0.266. The molecule has 2 aromatic carbocycles. The SMILES string of the molecule is CCOc1noc2c1C(NCCCC=C(c1ccccc1C)c1ccccc1C)CCC2. The van der Waals surface area contributed by atoms with Crippen molar-refractivity contribution in [1.82, 2.24) is 10.5 Å². The molecule has 0 bridgehead atoms. The van der Waals surface area contributed by atoms with Gasteiger partial charge >= 0.3 is 0 Å². The maximum absolute atomic E-state index is 5.70. The van der Waals surface area contributed by atoms with Gasteiger partial charge in [0.2, 0.25) is 0 Å². The summed E-state index contributed by atoms with van der Waals surface area (Å²) in [5, 5.41) is 7.87. The smallest absolute Gasteiger partial charge is 0.259 e. The highest BCUT2D eigenvalue weighted by molar-refractivity contribution is 5.82. The second-order valence-electron chi connectivity index (χ2n) is 8.55. The van der Waals surface area contributed by atoms with E-state index in [1.165, 1.54) is 27.8 Å². The molecule has 4 rings (SSSR count). The molecule has 0 radical (unpaired) electrons. The Morgan fingerprint density at radius 3 is 2.44 bits per heavy atom. The van der Waals surface area contributed by atoms with Gasteiger partial charge in [0.1, 0.15) is 5.76 Å². The van der Waals surface area contributed by atoms with E-state index in [1.54, 1.807) is 0 Å². The van der Waals surface area contributed by atoms with E-state index < -0.39 is 0 Å². The highest BCUT2D eigenvalue weighted by Crippen LogP contribution is 2.36. The molecular weight excluding hydrogens is 396 g/mol. The Bertz CT molecular complexity index is 1020. The number of unbranched alkanes of at least 4 members (excludes halogenated alkanes) is 1. The van der Waals surface area contributed by atoms with Crippen molar-refractivity contribution >= 4 is 5.57 Å². The minimum absolute atomic E-state index is 0.266. The third kappa shape index (κ3) is 4.97. The van der Waals surface area contributed by atoms with Crippen LogP contribution in [0.15, 0.2) is 59.1 Å². The summed E-state index contributed by atoms with van der Waals surface area (Å²) in [6.45, 7) is 7.93. The molecule has 1 aliphatic rings. The van der Waals surface area contributed by atoms with E-state index in [0.717, 1.165) is 50.0 Å². The maximum Gasteiger partial charge on any atom is 0.259 e. The molecule has 0 spiro atoms. The van der Waals surface area contributed by atoms with Gasteiger partial charge in [-0.1, -0.05) is 54.6 Å². The molecule has 0 aliphatic heterocycles. The molecular formula is C28H34N2O2. The molecule has 1 aromatic heterocycles. The van der Waals surface area contributed by atoms with Gasteiger partial charge in [0, 0.05) is 12.5 Å². The van der Waals surface area contributed by atoms with Crippen LogP contribution in [0.3, 0.4) is 0 Å². The minimum Gasteiger partial charge on any atom is -0.476 e. The first-order chi connectivity index (χ1) is 15.7. The number of nitrogens with zero attached hydrogens (tertiary/aromatic N) is 1. The van der Waals surface area contributed by atoms with Crippen LogP contribution >= 0.6 is 0 Å². The van der Waals surface area contributed by atoms with Gasteiger partial charge < -0.3 is 14.6 Å². The van der Waals surface area contributed by atoms with Gasteiger partial charge in [-0.15, -0.1) is 0 Å². The second kappa shape index (κ2) is 10.6. The predicted octanol–water partition coefficient (Wildman–Crippen LogP) is 6.57. The van der Waals surface area contributed by atoms with E-state index in [0.29, 0.717) is 12.5 Å². The molecule has 4 heteroatoms. The molecule has 3 aromatic rings. The summed E-state index contributed by atoms with van der Waals surface area (Å²) in [5.41, 5.74) is 7.72.